The zero-order valence-corrected chi connectivity index (χ0v) is 25.1. The van der Waals surface area contributed by atoms with Gasteiger partial charge in [-0.3, -0.25) is 0 Å². The third-order valence-electron chi connectivity index (χ3n) is 7.81. The van der Waals surface area contributed by atoms with Crippen molar-refractivity contribution >= 4 is 33.4 Å². The molecule has 0 saturated heterocycles. The van der Waals surface area contributed by atoms with Crippen molar-refractivity contribution in [1.29, 1.82) is 31.6 Å². The summed E-state index contributed by atoms with van der Waals surface area (Å²) in [6.07, 6.45) is 0. The molecular formula is C38H24N6O2. The number of rotatable bonds is 8. The summed E-state index contributed by atoms with van der Waals surface area (Å²) in [5.74, 6) is 0. The van der Waals surface area contributed by atoms with Crippen molar-refractivity contribution in [1.82, 2.24) is 0 Å². The molecule has 3 aromatic carbocycles. The van der Waals surface area contributed by atoms with Gasteiger partial charge in [-0.05, 0) is 66.4 Å². The summed E-state index contributed by atoms with van der Waals surface area (Å²) in [7, 11) is 0. The minimum atomic E-state index is 0.0276. The van der Waals surface area contributed by atoms with E-state index in [1.54, 1.807) is 42.5 Å². The molecular weight excluding hydrogens is 572 g/mol. The smallest absolute Gasteiger partial charge is 0.100 e. The Labute approximate surface area is 267 Å². The van der Waals surface area contributed by atoms with Crippen LogP contribution in [-0.2, 0) is 9.47 Å². The van der Waals surface area contributed by atoms with Crippen LogP contribution >= 0.6 is 0 Å². The van der Waals surface area contributed by atoms with Crippen molar-refractivity contribution in [3.05, 3.63) is 116 Å². The summed E-state index contributed by atoms with van der Waals surface area (Å²) in [6.45, 7) is 4.48. The third kappa shape index (κ3) is 5.25. The first-order chi connectivity index (χ1) is 22.5. The zero-order chi connectivity index (χ0) is 32.8. The Hall–Kier alpha value is -6.52. The van der Waals surface area contributed by atoms with Gasteiger partial charge in [0, 0.05) is 46.6 Å². The first-order valence-electron chi connectivity index (χ1n) is 14.4. The third-order valence-corrected chi connectivity index (χ3v) is 7.81. The fraction of sp³-hybridized carbons (Fsp3) is 0.158. The molecule has 0 bridgehead atoms. The van der Waals surface area contributed by atoms with E-state index in [9.17, 15) is 31.6 Å². The predicted molar refractivity (Wildman–Crippen MR) is 172 cm³/mol. The van der Waals surface area contributed by atoms with Gasteiger partial charge in [0.25, 0.3) is 0 Å². The lowest BCUT2D eigenvalue weighted by Gasteiger charge is -2.15. The summed E-state index contributed by atoms with van der Waals surface area (Å²) in [5, 5.41) is 60.5. The van der Waals surface area contributed by atoms with Gasteiger partial charge >= 0.3 is 0 Å². The van der Waals surface area contributed by atoms with Crippen molar-refractivity contribution in [2.75, 3.05) is 26.4 Å². The number of benzene rings is 3. The summed E-state index contributed by atoms with van der Waals surface area (Å²) in [5.41, 5.74) is 7.68. The van der Waals surface area contributed by atoms with Crippen LogP contribution in [0.4, 0.5) is 0 Å². The Morgan fingerprint density at radius 1 is 0.543 bits per heavy atom. The van der Waals surface area contributed by atoms with Gasteiger partial charge in [-0.1, -0.05) is 30.3 Å². The molecule has 3 aromatic rings. The Bertz CT molecular complexity index is 2040. The number of fused-ring (bicyclic) bond motifs is 2. The van der Waals surface area contributed by atoms with Crippen LogP contribution in [0.5, 0.6) is 0 Å². The molecule has 0 fully saturated rings. The van der Waals surface area contributed by atoms with Gasteiger partial charge in [0.2, 0.25) is 0 Å². The van der Waals surface area contributed by atoms with E-state index >= 15 is 0 Å². The standard InChI is InChI=1S/C38H24N6O2/c1-3-45-21-27(17-41)37-29-10-8-23(15-39)12-31(29)33(19-43)35(37)25-6-5-7-26(14-25)36-34(20-44)32-13-24(16-40)9-11-30(32)38(36)28(18-42)22-46-4-2/h5-14H,3-4,21-22H2,1-2H3/b37-27-,38-28-. The minimum absolute atomic E-state index is 0.0276. The van der Waals surface area contributed by atoms with Gasteiger partial charge in [0.15, 0.2) is 0 Å². The Morgan fingerprint density at radius 3 is 1.33 bits per heavy atom. The van der Waals surface area contributed by atoms with E-state index in [1.807, 2.05) is 32.0 Å². The molecule has 0 amide bonds. The lowest BCUT2D eigenvalue weighted by molar-refractivity contribution is 0.173. The molecule has 8 nitrogen and oxygen atoms in total. The molecule has 0 saturated carbocycles. The summed E-state index contributed by atoms with van der Waals surface area (Å²) >= 11 is 0. The van der Waals surface area contributed by atoms with Gasteiger partial charge in [-0.15, -0.1) is 0 Å². The molecule has 0 spiro atoms. The lowest BCUT2D eigenvalue weighted by atomic mass is 9.88. The number of nitrogens with zero attached hydrogens (tertiary/aromatic N) is 6. The molecule has 0 N–H and O–H groups in total. The van der Waals surface area contributed by atoms with Crippen LogP contribution in [0.1, 0.15) is 58.4 Å². The van der Waals surface area contributed by atoms with E-state index in [1.165, 1.54) is 0 Å². The number of allylic oxidation sites excluding steroid dienone is 6. The summed E-state index contributed by atoms with van der Waals surface area (Å²) < 4.78 is 11.3. The first kappa shape index (κ1) is 30.9. The van der Waals surface area contributed by atoms with Crippen molar-refractivity contribution in [3.63, 3.8) is 0 Å². The monoisotopic (exact) mass is 596 g/mol. The van der Waals surface area contributed by atoms with Crippen LogP contribution in [0.2, 0.25) is 0 Å². The van der Waals surface area contributed by atoms with E-state index in [0.717, 1.165) is 0 Å². The molecule has 46 heavy (non-hydrogen) atoms. The Balaban J connectivity index is 1.82. The fourth-order valence-electron chi connectivity index (χ4n) is 5.86. The van der Waals surface area contributed by atoms with Gasteiger partial charge in [0.05, 0.1) is 70.9 Å². The van der Waals surface area contributed by atoms with Crippen LogP contribution in [0.3, 0.4) is 0 Å². The predicted octanol–water partition coefficient (Wildman–Crippen LogP) is 6.95. The highest BCUT2D eigenvalue weighted by molar-refractivity contribution is 6.27. The van der Waals surface area contributed by atoms with Crippen LogP contribution in [0.15, 0.2) is 71.8 Å². The van der Waals surface area contributed by atoms with E-state index in [-0.39, 0.29) is 13.2 Å². The quantitative estimate of drug-likeness (QED) is 0.252. The molecule has 5 rings (SSSR count). The number of ether oxygens (including phenoxy) is 2. The van der Waals surface area contributed by atoms with Crippen LogP contribution < -0.4 is 0 Å². The normalized spacial score (nSPS) is 15.0. The molecule has 2 aliphatic carbocycles. The minimum Gasteiger partial charge on any atom is -0.376 e. The second-order valence-corrected chi connectivity index (χ2v) is 10.3. The van der Waals surface area contributed by atoms with Crippen molar-refractivity contribution in [2.45, 2.75) is 13.8 Å². The Morgan fingerprint density at radius 2 is 0.978 bits per heavy atom. The largest absolute Gasteiger partial charge is 0.376 e. The maximum atomic E-state index is 10.5. The summed E-state index contributed by atoms with van der Waals surface area (Å²) in [4.78, 5) is 0. The molecule has 8 heteroatoms. The van der Waals surface area contributed by atoms with E-state index < -0.39 is 0 Å². The summed E-state index contributed by atoms with van der Waals surface area (Å²) in [6, 6.07) is 30.7. The fourth-order valence-corrected chi connectivity index (χ4v) is 5.86. The molecule has 0 unspecified atom stereocenters. The molecule has 0 aromatic heterocycles. The highest BCUT2D eigenvalue weighted by Gasteiger charge is 2.33. The van der Waals surface area contributed by atoms with Crippen LogP contribution in [0.25, 0.3) is 33.4 Å². The van der Waals surface area contributed by atoms with Gasteiger partial charge in [-0.25, -0.2) is 0 Å². The molecule has 0 heterocycles. The second kappa shape index (κ2) is 13.4. The second-order valence-electron chi connectivity index (χ2n) is 10.3. The topological polar surface area (TPSA) is 161 Å². The van der Waals surface area contributed by atoms with E-state index in [2.05, 4.69) is 36.4 Å². The van der Waals surface area contributed by atoms with Gasteiger partial charge in [-0.2, -0.15) is 31.6 Å². The lowest BCUT2D eigenvalue weighted by Crippen LogP contribution is -2.02. The van der Waals surface area contributed by atoms with Gasteiger partial charge < -0.3 is 9.47 Å². The van der Waals surface area contributed by atoms with Crippen molar-refractivity contribution < 1.29 is 9.47 Å². The van der Waals surface area contributed by atoms with E-state index in [4.69, 9.17) is 9.47 Å². The SMILES string of the molecule is CCOC/C(C#N)=C1\C(c2cccc(C3=C(C#N)c4cc(C#N)ccc4/C3=C(\C#N)COCC)c2)=C(C#N)c2cc(C#N)ccc21. The first-order valence-corrected chi connectivity index (χ1v) is 14.4. The molecule has 2 aliphatic rings. The highest BCUT2D eigenvalue weighted by atomic mass is 16.5. The highest BCUT2D eigenvalue weighted by Crippen LogP contribution is 2.51. The van der Waals surface area contributed by atoms with Gasteiger partial charge in [0.1, 0.15) is 12.1 Å². The maximum absolute atomic E-state index is 10.5. The van der Waals surface area contributed by atoms with Crippen molar-refractivity contribution in [3.8, 4) is 36.4 Å². The molecule has 218 valence electrons. The zero-order valence-electron chi connectivity index (χ0n) is 25.1. The molecule has 0 aliphatic heterocycles. The average molecular weight is 597 g/mol. The molecule has 0 radical (unpaired) electrons. The number of hydrogen-bond acceptors (Lipinski definition) is 8. The number of hydrogen-bond donors (Lipinski definition) is 0. The van der Waals surface area contributed by atoms with E-state index in [0.29, 0.717) is 102 Å². The average Bonchev–Trinajstić information content (AvgIpc) is 3.60. The maximum Gasteiger partial charge on any atom is 0.100 e. The molecule has 0 atom stereocenters. The Kier molecular flexibility index (Phi) is 9.02. The van der Waals surface area contributed by atoms with Crippen molar-refractivity contribution in [2.24, 2.45) is 0 Å². The van der Waals surface area contributed by atoms with Crippen LogP contribution in [-0.4, -0.2) is 26.4 Å². The number of nitriles is 6. The van der Waals surface area contributed by atoms with Crippen LogP contribution in [0, 0.1) is 68.0 Å².